The molecule has 1 aromatic rings. The molecule has 26 heavy (non-hydrogen) atoms. The number of carbonyl (C=O) groups is 1. The predicted octanol–water partition coefficient (Wildman–Crippen LogP) is 2.41. The van der Waals surface area contributed by atoms with Crippen LogP contribution in [0.15, 0.2) is 10.4 Å². The largest absolute Gasteiger partial charge is 0.469 e. The van der Waals surface area contributed by atoms with E-state index in [1.165, 1.54) is 7.11 Å². The van der Waals surface area contributed by atoms with E-state index >= 15 is 0 Å². The maximum absolute atomic E-state index is 12.6. The normalized spacial score (nSPS) is 21.2. The first-order valence-electron chi connectivity index (χ1n) is 8.39. The topological polar surface area (TPSA) is 66.8 Å². The van der Waals surface area contributed by atoms with E-state index in [1.807, 2.05) is 18.7 Å². The van der Waals surface area contributed by atoms with Crippen molar-refractivity contribution in [2.45, 2.75) is 26.4 Å². The van der Waals surface area contributed by atoms with Crippen LogP contribution >= 0.6 is 11.3 Å². The molecule has 1 aliphatic rings. The minimum Gasteiger partial charge on any atom is -0.469 e. The number of thiazole rings is 1. The van der Waals surface area contributed by atoms with E-state index in [1.54, 1.807) is 0 Å². The fourth-order valence-corrected chi connectivity index (χ4v) is 3.63. The number of aromatic nitrogens is 1. The number of aliphatic imine (C=N–C) groups is 1. The zero-order valence-corrected chi connectivity index (χ0v) is 15.8. The lowest BCUT2D eigenvalue weighted by molar-refractivity contribution is -0.146. The van der Waals surface area contributed by atoms with Crippen LogP contribution in [-0.2, 0) is 22.1 Å². The number of rotatable bonds is 5. The number of nitrogens with zero attached hydrogens (tertiary/aromatic N) is 3. The van der Waals surface area contributed by atoms with Gasteiger partial charge < -0.3 is 15.0 Å². The molecule has 0 amide bonds. The maximum atomic E-state index is 12.6. The third kappa shape index (κ3) is 5.09. The van der Waals surface area contributed by atoms with Gasteiger partial charge in [-0.25, -0.2) is 4.98 Å². The summed E-state index contributed by atoms with van der Waals surface area (Å²) in [5.74, 6) is 0.341. The summed E-state index contributed by atoms with van der Waals surface area (Å²) in [5, 5.41) is 4.59. The molecule has 1 fully saturated rings. The van der Waals surface area contributed by atoms with E-state index in [-0.39, 0.29) is 17.8 Å². The minimum absolute atomic E-state index is 0.139. The molecule has 0 aromatic carbocycles. The lowest BCUT2D eigenvalue weighted by Crippen LogP contribution is -2.40. The molecule has 146 valence electrons. The van der Waals surface area contributed by atoms with Crippen LogP contribution in [0.3, 0.4) is 0 Å². The van der Waals surface area contributed by atoms with Gasteiger partial charge in [0.05, 0.1) is 18.0 Å². The third-order valence-electron chi connectivity index (χ3n) is 4.18. The van der Waals surface area contributed by atoms with Crippen molar-refractivity contribution < 1.29 is 22.7 Å². The van der Waals surface area contributed by atoms with Gasteiger partial charge in [0.2, 0.25) is 0 Å². The van der Waals surface area contributed by atoms with Gasteiger partial charge in [-0.15, -0.1) is 11.3 Å². The number of carbonyl (C=O) groups excluding carboxylic acids is 1. The van der Waals surface area contributed by atoms with Crippen LogP contribution in [0.2, 0.25) is 0 Å². The molecular formula is C16H23F3N4O2S. The molecule has 0 saturated carbocycles. The average Bonchev–Trinajstić information content (AvgIpc) is 3.20. The van der Waals surface area contributed by atoms with Crippen molar-refractivity contribution in [2.75, 3.05) is 33.3 Å². The summed E-state index contributed by atoms with van der Waals surface area (Å²) < 4.78 is 42.6. The summed E-state index contributed by atoms with van der Waals surface area (Å²) in [6.07, 6.45) is -4.08. The second-order valence-corrected chi connectivity index (χ2v) is 7.06. The van der Waals surface area contributed by atoms with Crippen molar-refractivity contribution in [2.24, 2.45) is 16.8 Å². The Hall–Kier alpha value is -1.84. The summed E-state index contributed by atoms with van der Waals surface area (Å²) in [7, 11) is 1.38. The first-order chi connectivity index (χ1) is 12.3. The standard InChI is InChI=1S/C16H23F3N4O2S/c1-4-20-15(23-7-10(2)11(8-23)14(24)25-3)21-6-5-13-22-12(9-26-13)16(17,18)19/h9-11H,4-8H2,1-3H3,(H,20,21). The highest BCUT2D eigenvalue weighted by molar-refractivity contribution is 7.09. The highest BCUT2D eigenvalue weighted by Crippen LogP contribution is 2.30. The minimum atomic E-state index is -4.42. The van der Waals surface area contributed by atoms with E-state index in [2.05, 4.69) is 15.3 Å². The lowest BCUT2D eigenvalue weighted by Gasteiger charge is -2.21. The number of halogens is 3. The number of alkyl halides is 3. The number of likely N-dealkylation sites (tertiary alicyclic amines) is 1. The van der Waals surface area contributed by atoms with Crippen LogP contribution in [0.4, 0.5) is 13.2 Å². The van der Waals surface area contributed by atoms with Gasteiger partial charge in [0, 0.05) is 38.0 Å². The second kappa shape index (κ2) is 8.70. The molecule has 2 atom stereocenters. The second-order valence-electron chi connectivity index (χ2n) is 6.12. The van der Waals surface area contributed by atoms with Gasteiger partial charge in [0.15, 0.2) is 11.7 Å². The Bertz CT molecular complexity index is 648. The molecular weight excluding hydrogens is 369 g/mol. The van der Waals surface area contributed by atoms with E-state index in [4.69, 9.17) is 4.74 Å². The number of methoxy groups -OCH3 is 1. The average molecular weight is 392 g/mol. The van der Waals surface area contributed by atoms with Crippen molar-refractivity contribution in [3.05, 3.63) is 16.1 Å². The Kier molecular flexibility index (Phi) is 6.85. The Morgan fingerprint density at radius 1 is 1.50 bits per heavy atom. The zero-order valence-electron chi connectivity index (χ0n) is 15.0. The van der Waals surface area contributed by atoms with Gasteiger partial charge in [-0.05, 0) is 12.8 Å². The molecule has 0 radical (unpaired) electrons. The van der Waals surface area contributed by atoms with Crippen molar-refractivity contribution in [3.8, 4) is 0 Å². The Morgan fingerprint density at radius 3 is 2.81 bits per heavy atom. The quantitative estimate of drug-likeness (QED) is 0.474. The fraction of sp³-hybridized carbons (Fsp3) is 0.688. The van der Waals surface area contributed by atoms with E-state index in [9.17, 15) is 18.0 Å². The smallest absolute Gasteiger partial charge is 0.434 e. The summed E-state index contributed by atoms with van der Waals surface area (Å²) in [6.45, 7) is 6.07. The Morgan fingerprint density at radius 2 is 2.23 bits per heavy atom. The molecule has 1 N–H and O–H groups in total. The van der Waals surface area contributed by atoms with Gasteiger partial charge in [-0.1, -0.05) is 6.92 Å². The van der Waals surface area contributed by atoms with Crippen LogP contribution in [-0.4, -0.2) is 55.1 Å². The van der Waals surface area contributed by atoms with Crippen molar-refractivity contribution in [1.29, 1.82) is 0 Å². The van der Waals surface area contributed by atoms with Gasteiger partial charge in [-0.2, -0.15) is 13.2 Å². The number of hydrogen-bond acceptors (Lipinski definition) is 5. The SMILES string of the molecule is CCNC(=NCCc1nc(C(F)(F)F)cs1)N1CC(C)C(C(=O)OC)C1. The monoisotopic (exact) mass is 392 g/mol. The highest BCUT2D eigenvalue weighted by Gasteiger charge is 2.37. The van der Waals surface area contributed by atoms with E-state index < -0.39 is 11.9 Å². The molecule has 1 saturated heterocycles. The molecule has 0 bridgehead atoms. The number of guanidine groups is 1. The first kappa shape index (κ1) is 20.5. The Labute approximate surface area is 154 Å². The van der Waals surface area contributed by atoms with Crippen LogP contribution in [0.5, 0.6) is 0 Å². The number of esters is 1. The molecule has 1 aromatic heterocycles. The van der Waals surface area contributed by atoms with E-state index in [0.29, 0.717) is 43.6 Å². The molecule has 1 aliphatic heterocycles. The summed E-state index contributed by atoms with van der Waals surface area (Å²) in [5.41, 5.74) is -0.859. The Balaban J connectivity index is 1.99. The van der Waals surface area contributed by atoms with Gasteiger partial charge in [0.25, 0.3) is 0 Å². The molecule has 0 spiro atoms. The highest BCUT2D eigenvalue weighted by atomic mass is 32.1. The molecule has 6 nitrogen and oxygen atoms in total. The molecule has 2 unspecified atom stereocenters. The van der Waals surface area contributed by atoms with Gasteiger partial charge in [0.1, 0.15) is 0 Å². The fourth-order valence-electron chi connectivity index (χ4n) is 2.84. The predicted molar refractivity (Wildman–Crippen MR) is 93.0 cm³/mol. The summed E-state index contributed by atoms with van der Waals surface area (Å²) in [6, 6.07) is 0. The van der Waals surface area contributed by atoms with Crippen LogP contribution in [0.25, 0.3) is 0 Å². The summed E-state index contributed by atoms with van der Waals surface area (Å²) >= 11 is 0.986. The van der Waals surface area contributed by atoms with Crippen molar-refractivity contribution in [1.82, 2.24) is 15.2 Å². The molecule has 10 heteroatoms. The molecule has 0 aliphatic carbocycles. The number of nitrogens with one attached hydrogen (secondary N) is 1. The van der Waals surface area contributed by atoms with E-state index in [0.717, 1.165) is 16.7 Å². The van der Waals surface area contributed by atoms with Crippen LogP contribution in [0.1, 0.15) is 24.5 Å². The third-order valence-corrected chi connectivity index (χ3v) is 5.09. The van der Waals surface area contributed by atoms with Crippen LogP contribution < -0.4 is 5.32 Å². The molecule has 2 rings (SSSR count). The van der Waals surface area contributed by atoms with Gasteiger partial charge >= 0.3 is 12.1 Å². The molecule has 2 heterocycles. The zero-order chi connectivity index (χ0) is 19.3. The number of hydrogen-bond donors (Lipinski definition) is 1. The van der Waals surface area contributed by atoms with Crippen molar-refractivity contribution in [3.63, 3.8) is 0 Å². The maximum Gasteiger partial charge on any atom is 0.434 e. The number of ether oxygens (including phenoxy) is 1. The van der Waals surface area contributed by atoms with Crippen molar-refractivity contribution >= 4 is 23.3 Å². The van der Waals surface area contributed by atoms with Gasteiger partial charge in [-0.3, -0.25) is 9.79 Å². The summed E-state index contributed by atoms with van der Waals surface area (Å²) in [4.78, 5) is 21.9. The first-order valence-corrected chi connectivity index (χ1v) is 9.26. The lowest BCUT2D eigenvalue weighted by atomic mass is 9.99. The van der Waals surface area contributed by atoms with Crippen LogP contribution in [0, 0.1) is 11.8 Å².